The van der Waals surface area contributed by atoms with Crippen LogP contribution in [0.2, 0.25) is 0 Å². The fraction of sp³-hybridized carbons (Fsp3) is 0.571. The molecule has 100 valence electrons. The van der Waals surface area contributed by atoms with Gasteiger partial charge in [0.1, 0.15) is 5.82 Å². The molecule has 0 radical (unpaired) electrons. The molecule has 2 unspecified atom stereocenters. The third-order valence-corrected chi connectivity index (χ3v) is 3.72. The van der Waals surface area contributed by atoms with Crippen molar-refractivity contribution in [3.8, 4) is 0 Å². The number of halogens is 1. The summed E-state index contributed by atoms with van der Waals surface area (Å²) in [5.41, 5.74) is 2.07. The standard InChI is InChI=1S/C14H21FN2O/c1-10(16-2)13-8-11(15)4-5-14(13)17(3)12-6-7-18-9-12/h4-5,8,10,12,16H,6-7,9H2,1-3H3. The van der Waals surface area contributed by atoms with E-state index >= 15 is 0 Å². The van der Waals surface area contributed by atoms with Gasteiger partial charge in [-0.2, -0.15) is 0 Å². The first-order valence-electron chi connectivity index (χ1n) is 6.40. The van der Waals surface area contributed by atoms with Crippen LogP contribution < -0.4 is 10.2 Å². The molecule has 1 aliphatic rings. The number of anilines is 1. The predicted molar refractivity (Wildman–Crippen MR) is 71.5 cm³/mol. The minimum Gasteiger partial charge on any atom is -0.379 e. The zero-order valence-corrected chi connectivity index (χ0v) is 11.2. The van der Waals surface area contributed by atoms with Gasteiger partial charge < -0.3 is 15.0 Å². The summed E-state index contributed by atoms with van der Waals surface area (Å²) in [6, 6.07) is 5.51. The van der Waals surface area contributed by atoms with E-state index in [4.69, 9.17) is 4.74 Å². The Hall–Kier alpha value is -1.13. The summed E-state index contributed by atoms with van der Waals surface area (Å²) in [6.45, 7) is 3.60. The van der Waals surface area contributed by atoms with E-state index in [-0.39, 0.29) is 11.9 Å². The smallest absolute Gasteiger partial charge is 0.123 e. The Morgan fingerprint density at radius 2 is 2.28 bits per heavy atom. The van der Waals surface area contributed by atoms with Gasteiger partial charge in [-0.05, 0) is 44.2 Å². The first-order valence-corrected chi connectivity index (χ1v) is 6.40. The molecule has 2 atom stereocenters. The lowest BCUT2D eigenvalue weighted by atomic mass is 10.0. The van der Waals surface area contributed by atoms with Gasteiger partial charge in [0.05, 0.1) is 12.6 Å². The number of nitrogens with one attached hydrogen (secondary N) is 1. The van der Waals surface area contributed by atoms with Crippen LogP contribution in [0, 0.1) is 5.82 Å². The third-order valence-electron chi connectivity index (χ3n) is 3.72. The average Bonchev–Trinajstić information content (AvgIpc) is 2.90. The Kier molecular flexibility index (Phi) is 4.19. The van der Waals surface area contributed by atoms with Gasteiger partial charge in [-0.15, -0.1) is 0 Å². The Bertz CT molecular complexity index is 405. The monoisotopic (exact) mass is 252 g/mol. The number of nitrogens with zero attached hydrogens (tertiary/aromatic N) is 1. The van der Waals surface area contributed by atoms with Crippen LogP contribution in [0.1, 0.15) is 24.9 Å². The van der Waals surface area contributed by atoms with Crippen LogP contribution in [-0.2, 0) is 4.74 Å². The van der Waals surface area contributed by atoms with E-state index < -0.39 is 0 Å². The SMILES string of the molecule is CNC(C)c1cc(F)ccc1N(C)C1CCOC1. The van der Waals surface area contributed by atoms with Crippen molar-refractivity contribution in [3.63, 3.8) is 0 Å². The summed E-state index contributed by atoms with van der Waals surface area (Å²) < 4.78 is 18.8. The maximum Gasteiger partial charge on any atom is 0.123 e. The first kappa shape index (κ1) is 13.3. The second-order valence-electron chi connectivity index (χ2n) is 4.84. The molecule has 1 aromatic carbocycles. The molecule has 3 nitrogen and oxygen atoms in total. The summed E-state index contributed by atoms with van der Waals surface area (Å²) in [7, 11) is 3.94. The van der Waals surface area contributed by atoms with Gasteiger partial charge >= 0.3 is 0 Å². The molecule has 1 saturated heterocycles. The fourth-order valence-electron chi connectivity index (χ4n) is 2.37. The molecule has 1 N–H and O–H groups in total. The van der Waals surface area contributed by atoms with E-state index in [0.29, 0.717) is 6.04 Å². The van der Waals surface area contributed by atoms with E-state index in [1.165, 1.54) is 6.07 Å². The van der Waals surface area contributed by atoms with E-state index in [2.05, 4.69) is 17.3 Å². The Balaban J connectivity index is 2.30. The molecule has 0 saturated carbocycles. The molecule has 0 bridgehead atoms. The number of hydrogen-bond donors (Lipinski definition) is 1. The summed E-state index contributed by atoms with van der Waals surface area (Å²) >= 11 is 0. The molecule has 1 aromatic rings. The van der Waals surface area contributed by atoms with Crippen LogP contribution in [0.5, 0.6) is 0 Å². The Morgan fingerprint density at radius 3 is 2.89 bits per heavy atom. The summed E-state index contributed by atoms with van der Waals surface area (Å²) in [5.74, 6) is -0.188. The number of likely N-dealkylation sites (N-methyl/N-ethyl adjacent to an activating group) is 1. The average molecular weight is 252 g/mol. The first-order chi connectivity index (χ1) is 8.63. The zero-order valence-electron chi connectivity index (χ0n) is 11.2. The highest BCUT2D eigenvalue weighted by molar-refractivity contribution is 5.55. The lowest BCUT2D eigenvalue weighted by molar-refractivity contribution is 0.193. The number of benzene rings is 1. The topological polar surface area (TPSA) is 24.5 Å². The van der Waals surface area contributed by atoms with Gasteiger partial charge in [0.15, 0.2) is 0 Å². The van der Waals surface area contributed by atoms with Crippen molar-refractivity contribution in [3.05, 3.63) is 29.6 Å². The van der Waals surface area contributed by atoms with Gasteiger partial charge in [0, 0.05) is 25.4 Å². The Labute approximate surface area is 108 Å². The van der Waals surface area contributed by atoms with Gasteiger partial charge in [-0.25, -0.2) is 4.39 Å². The van der Waals surface area contributed by atoms with Gasteiger partial charge in [0.25, 0.3) is 0 Å². The van der Waals surface area contributed by atoms with E-state index in [1.54, 1.807) is 6.07 Å². The highest BCUT2D eigenvalue weighted by Gasteiger charge is 2.23. The molecule has 0 aromatic heterocycles. The Morgan fingerprint density at radius 1 is 1.50 bits per heavy atom. The molecular formula is C14H21FN2O. The van der Waals surface area contributed by atoms with Crippen molar-refractivity contribution in [2.45, 2.75) is 25.4 Å². The molecule has 18 heavy (non-hydrogen) atoms. The van der Waals surface area contributed by atoms with Crippen LogP contribution in [0.3, 0.4) is 0 Å². The number of hydrogen-bond acceptors (Lipinski definition) is 3. The maximum absolute atomic E-state index is 13.4. The second kappa shape index (κ2) is 5.67. The summed E-state index contributed by atoms with van der Waals surface area (Å²) in [6.07, 6.45) is 1.03. The van der Waals surface area contributed by atoms with Crippen molar-refractivity contribution in [2.24, 2.45) is 0 Å². The normalized spacial score (nSPS) is 21.0. The van der Waals surface area contributed by atoms with Crippen molar-refractivity contribution in [1.29, 1.82) is 0 Å². The summed E-state index contributed by atoms with van der Waals surface area (Å²) in [5, 5.41) is 3.17. The molecule has 1 aliphatic heterocycles. The van der Waals surface area contributed by atoms with Gasteiger partial charge in [-0.1, -0.05) is 0 Å². The van der Waals surface area contributed by atoms with Crippen molar-refractivity contribution >= 4 is 5.69 Å². The van der Waals surface area contributed by atoms with Crippen LogP contribution >= 0.6 is 0 Å². The van der Waals surface area contributed by atoms with Crippen molar-refractivity contribution < 1.29 is 9.13 Å². The van der Waals surface area contributed by atoms with E-state index in [9.17, 15) is 4.39 Å². The second-order valence-corrected chi connectivity index (χ2v) is 4.84. The highest BCUT2D eigenvalue weighted by atomic mass is 19.1. The van der Waals surface area contributed by atoms with Crippen molar-refractivity contribution in [1.82, 2.24) is 5.32 Å². The van der Waals surface area contributed by atoms with E-state index in [0.717, 1.165) is 30.9 Å². The largest absolute Gasteiger partial charge is 0.379 e. The van der Waals surface area contributed by atoms with Crippen LogP contribution in [-0.4, -0.2) is 33.4 Å². The van der Waals surface area contributed by atoms with Crippen LogP contribution in [0.4, 0.5) is 10.1 Å². The van der Waals surface area contributed by atoms with Crippen LogP contribution in [0.25, 0.3) is 0 Å². The quantitative estimate of drug-likeness (QED) is 0.890. The minimum absolute atomic E-state index is 0.125. The lowest BCUT2D eigenvalue weighted by Crippen LogP contribution is -2.33. The molecule has 1 fully saturated rings. The molecule has 0 spiro atoms. The van der Waals surface area contributed by atoms with Crippen LogP contribution in [0.15, 0.2) is 18.2 Å². The molecule has 1 heterocycles. The molecule has 4 heteroatoms. The minimum atomic E-state index is -0.188. The highest BCUT2D eigenvalue weighted by Crippen LogP contribution is 2.29. The molecule has 0 amide bonds. The van der Waals surface area contributed by atoms with Gasteiger partial charge in [-0.3, -0.25) is 0 Å². The van der Waals surface area contributed by atoms with Gasteiger partial charge in [0.2, 0.25) is 0 Å². The number of rotatable bonds is 4. The molecule has 0 aliphatic carbocycles. The molecule has 2 rings (SSSR count). The number of ether oxygens (including phenoxy) is 1. The lowest BCUT2D eigenvalue weighted by Gasteiger charge is -2.29. The summed E-state index contributed by atoms with van der Waals surface area (Å²) in [4.78, 5) is 2.20. The maximum atomic E-state index is 13.4. The predicted octanol–water partition coefficient (Wildman–Crippen LogP) is 2.33. The fourth-order valence-corrected chi connectivity index (χ4v) is 2.37. The van der Waals surface area contributed by atoms with E-state index in [1.807, 2.05) is 20.0 Å². The van der Waals surface area contributed by atoms with Crippen molar-refractivity contribution in [2.75, 3.05) is 32.2 Å². The zero-order chi connectivity index (χ0) is 13.1. The third kappa shape index (κ3) is 2.65. The molecular weight excluding hydrogens is 231 g/mol.